The first-order valence-electron chi connectivity index (χ1n) is 16.4. The minimum Gasteiger partial charge on any atom is -0.452 e. The number of thioether (sulfide) groups is 1. The molecule has 11 heteroatoms. The number of benzene rings is 5. The van der Waals surface area contributed by atoms with Crippen LogP contribution in [-0.2, 0) is 43.5 Å². The highest BCUT2D eigenvalue weighted by Gasteiger charge is 2.50. The van der Waals surface area contributed by atoms with Crippen molar-refractivity contribution in [3.8, 4) is 0 Å². The molecule has 1 aliphatic rings. The Morgan fingerprint density at radius 1 is 0.725 bits per heavy atom. The van der Waals surface area contributed by atoms with Crippen LogP contribution in [0.1, 0.15) is 27.0 Å². The van der Waals surface area contributed by atoms with Crippen LogP contribution in [0.5, 0.6) is 0 Å². The molecule has 51 heavy (non-hydrogen) atoms. The highest BCUT2D eigenvalue weighted by Crippen LogP contribution is 2.38. The van der Waals surface area contributed by atoms with Crippen LogP contribution >= 0.6 is 23.4 Å². The lowest BCUT2D eigenvalue weighted by Crippen LogP contribution is -2.60. The van der Waals surface area contributed by atoms with Crippen molar-refractivity contribution in [3.05, 3.63) is 177 Å². The van der Waals surface area contributed by atoms with E-state index >= 15 is 0 Å². The summed E-state index contributed by atoms with van der Waals surface area (Å²) in [5, 5.41) is 3.93. The maximum atomic E-state index is 13.7. The number of carbonyl (C=O) groups excluding carboxylic acids is 1. The summed E-state index contributed by atoms with van der Waals surface area (Å²) in [6.45, 7) is 0.904. The normalized spacial score (nSPS) is 19.9. The maximum Gasteiger partial charge on any atom is 0.338 e. The summed E-state index contributed by atoms with van der Waals surface area (Å²) in [7, 11) is 0. The molecule has 6 rings (SSSR count). The van der Waals surface area contributed by atoms with E-state index in [1.165, 1.54) is 11.8 Å². The number of carbonyl (C=O) groups is 1. The fourth-order valence-electron chi connectivity index (χ4n) is 5.62. The molecule has 0 aliphatic carbocycles. The predicted molar refractivity (Wildman–Crippen MR) is 197 cm³/mol. The molecule has 0 saturated carbocycles. The Labute approximate surface area is 306 Å². The van der Waals surface area contributed by atoms with Crippen molar-refractivity contribution in [2.24, 2.45) is 5.11 Å². The number of rotatable bonds is 15. The number of esters is 1. The van der Waals surface area contributed by atoms with Crippen LogP contribution in [0.25, 0.3) is 10.4 Å². The van der Waals surface area contributed by atoms with Crippen LogP contribution in [0.15, 0.2) is 150 Å². The number of hydrogen-bond donors (Lipinski definition) is 0. The summed E-state index contributed by atoms with van der Waals surface area (Å²) in [5.74, 6) is -0.515. The monoisotopic (exact) mass is 721 g/mol. The van der Waals surface area contributed by atoms with Crippen LogP contribution in [-0.4, -0.2) is 42.4 Å². The fourth-order valence-corrected chi connectivity index (χ4v) is 6.99. The lowest BCUT2D eigenvalue weighted by atomic mass is 9.98. The third-order valence-electron chi connectivity index (χ3n) is 8.13. The van der Waals surface area contributed by atoms with Gasteiger partial charge in [0.05, 0.1) is 42.7 Å². The molecule has 260 valence electrons. The number of hydrogen-bond acceptors (Lipinski definition) is 8. The molecule has 1 aliphatic heterocycles. The van der Waals surface area contributed by atoms with Gasteiger partial charge in [-0.3, -0.25) is 0 Å². The van der Waals surface area contributed by atoms with E-state index < -0.39 is 35.8 Å². The van der Waals surface area contributed by atoms with Gasteiger partial charge in [-0.1, -0.05) is 138 Å². The summed E-state index contributed by atoms with van der Waals surface area (Å²) < 4.78 is 32.8. The summed E-state index contributed by atoms with van der Waals surface area (Å²) in [4.78, 5) is 17.5. The first-order chi connectivity index (χ1) is 25.1. The van der Waals surface area contributed by atoms with E-state index in [0.29, 0.717) is 17.9 Å². The molecule has 5 atom stereocenters. The van der Waals surface area contributed by atoms with E-state index in [0.717, 1.165) is 21.6 Å². The van der Waals surface area contributed by atoms with Crippen molar-refractivity contribution < 1.29 is 28.5 Å². The van der Waals surface area contributed by atoms with Gasteiger partial charge >= 0.3 is 5.97 Å². The van der Waals surface area contributed by atoms with Gasteiger partial charge in [-0.2, -0.15) is 0 Å². The second-order valence-corrected chi connectivity index (χ2v) is 13.3. The third kappa shape index (κ3) is 10.2. The van der Waals surface area contributed by atoms with Crippen molar-refractivity contribution in [3.63, 3.8) is 0 Å². The van der Waals surface area contributed by atoms with Crippen molar-refractivity contribution in [2.45, 2.75) is 54.6 Å². The SMILES string of the molecule is [N-]=[N+]=Nc1ccc(CO[C@@H]2[C@@H](OC(=O)c3ccccc3)[C@H](Sc3ccccc3)O[C@H](COCc3ccccc3)[C@H]2OCc2ccccc2)cc1Cl. The Bertz CT molecular complexity index is 1880. The highest BCUT2D eigenvalue weighted by atomic mass is 35.5. The first-order valence-corrected chi connectivity index (χ1v) is 17.7. The van der Waals surface area contributed by atoms with Gasteiger partial charge in [-0.15, -0.1) is 0 Å². The number of azide groups is 1. The van der Waals surface area contributed by atoms with Crippen molar-refractivity contribution >= 4 is 35.0 Å². The molecule has 0 aromatic heterocycles. The van der Waals surface area contributed by atoms with Gasteiger partial charge in [-0.25, -0.2) is 4.79 Å². The number of ether oxygens (including phenoxy) is 5. The van der Waals surface area contributed by atoms with Gasteiger partial charge in [0.25, 0.3) is 0 Å². The molecular weight excluding hydrogens is 686 g/mol. The van der Waals surface area contributed by atoms with E-state index in [4.69, 9.17) is 40.8 Å². The minimum atomic E-state index is -0.910. The van der Waals surface area contributed by atoms with Gasteiger partial charge in [0, 0.05) is 9.81 Å². The van der Waals surface area contributed by atoms with Gasteiger partial charge in [0.1, 0.15) is 23.7 Å². The Morgan fingerprint density at radius 2 is 1.31 bits per heavy atom. The number of halogens is 1. The quantitative estimate of drug-likeness (QED) is 0.0458. The molecule has 1 fully saturated rings. The van der Waals surface area contributed by atoms with Crippen molar-refractivity contribution in [1.29, 1.82) is 0 Å². The summed E-state index contributed by atoms with van der Waals surface area (Å²) in [6.07, 6.45) is -3.05. The second kappa shape index (κ2) is 18.6. The van der Waals surface area contributed by atoms with E-state index in [-0.39, 0.29) is 24.8 Å². The van der Waals surface area contributed by atoms with Crippen LogP contribution < -0.4 is 0 Å². The van der Waals surface area contributed by atoms with E-state index in [1.807, 2.05) is 97.1 Å². The standard InChI is InChI=1S/C40H36ClN3O6S/c41-33-23-30(21-22-34(33)43-44-42)26-48-37-36(47-25-29-15-7-2-8-16-29)35(27-46-24-28-13-5-1-6-14-28)49-40(51-32-19-11-4-12-20-32)38(37)50-39(45)31-17-9-3-10-18-31/h1-23,35-38,40H,24-27H2/t35-,36-,37+,38-,40+/m1/s1. The molecule has 1 saturated heterocycles. The van der Waals surface area contributed by atoms with Gasteiger partial charge < -0.3 is 23.7 Å². The van der Waals surface area contributed by atoms with Gasteiger partial charge in [-0.05, 0) is 52.6 Å². The van der Waals surface area contributed by atoms with Gasteiger partial charge in [0.15, 0.2) is 6.10 Å². The average Bonchev–Trinajstić information content (AvgIpc) is 3.17. The lowest BCUT2D eigenvalue weighted by molar-refractivity contribution is -0.242. The van der Waals surface area contributed by atoms with E-state index in [2.05, 4.69) is 10.0 Å². The van der Waals surface area contributed by atoms with Crippen LogP contribution in [0.2, 0.25) is 5.02 Å². The van der Waals surface area contributed by atoms with Crippen molar-refractivity contribution in [1.82, 2.24) is 0 Å². The molecule has 0 radical (unpaired) electrons. The molecule has 5 aromatic rings. The average molecular weight is 722 g/mol. The van der Waals surface area contributed by atoms with E-state index in [9.17, 15) is 4.79 Å². The molecular formula is C40H36ClN3O6S. The fraction of sp³-hybridized carbons (Fsp3) is 0.225. The predicted octanol–water partition coefficient (Wildman–Crippen LogP) is 9.71. The smallest absolute Gasteiger partial charge is 0.338 e. The zero-order chi connectivity index (χ0) is 35.3. The van der Waals surface area contributed by atoms with Crippen LogP contribution in [0.3, 0.4) is 0 Å². The van der Waals surface area contributed by atoms with Crippen molar-refractivity contribution in [2.75, 3.05) is 6.61 Å². The Morgan fingerprint density at radius 3 is 1.96 bits per heavy atom. The van der Waals surface area contributed by atoms with Gasteiger partial charge in [0.2, 0.25) is 0 Å². The Balaban J connectivity index is 1.35. The molecule has 0 spiro atoms. The molecule has 9 nitrogen and oxygen atoms in total. The second-order valence-electron chi connectivity index (χ2n) is 11.7. The highest BCUT2D eigenvalue weighted by molar-refractivity contribution is 7.99. The van der Waals surface area contributed by atoms with Crippen LogP contribution in [0, 0.1) is 0 Å². The summed E-state index contributed by atoms with van der Waals surface area (Å²) in [6, 6.07) is 43.4. The van der Waals surface area contributed by atoms with E-state index in [1.54, 1.807) is 42.5 Å². The largest absolute Gasteiger partial charge is 0.452 e. The minimum absolute atomic E-state index is 0.0891. The molecule has 0 unspecified atom stereocenters. The third-order valence-corrected chi connectivity index (χ3v) is 9.58. The molecule has 1 heterocycles. The molecule has 0 bridgehead atoms. The summed E-state index contributed by atoms with van der Waals surface area (Å²) in [5.41, 5.74) is 11.6. The Hall–Kier alpha value is -4.64. The molecule has 0 N–H and O–H groups in total. The topological polar surface area (TPSA) is 112 Å². The molecule has 5 aromatic carbocycles. The maximum absolute atomic E-state index is 13.7. The number of nitrogens with zero attached hydrogens (tertiary/aromatic N) is 3. The molecule has 0 amide bonds. The Kier molecular flexibility index (Phi) is 13.2. The zero-order valence-electron chi connectivity index (χ0n) is 27.6. The first kappa shape index (κ1) is 36.2. The zero-order valence-corrected chi connectivity index (χ0v) is 29.1. The lowest BCUT2D eigenvalue weighted by Gasteiger charge is -2.45. The summed E-state index contributed by atoms with van der Waals surface area (Å²) >= 11 is 7.87. The van der Waals surface area contributed by atoms with Crippen LogP contribution in [0.4, 0.5) is 5.69 Å².